The molecule has 0 fully saturated rings. The largest absolute Gasteiger partial charge is 0.457 e. The Balaban J connectivity index is 1.37. The van der Waals surface area contributed by atoms with Crippen molar-refractivity contribution in [2.45, 2.75) is 0 Å². The molecule has 0 saturated carbocycles. The number of benzene rings is 4. The van der Waals surface area contributed by atoms with Crippen molar-refractivity contribution in [2.75, 3.05) is 0 Å². The highest BCUT2D eigenvalue weighted by Crippen LogP contribution is 2.25. The van der Waals surface area contributed by atoms with E-state index in [-0.39, 0.29) is 0 Å². The lowest BCUT2D eigenvalue weighted by Crippen LogP contribution is -2.27. The van der Waals surface area contributed by atoms with Crippen molar-refractivity contribution in [3.63, 3.8) is 0 Å². The summed E-state index contributed by atoms with van der Waals surface area (Å²) in [7, 11) is 0. The number of carbonyl (C=O) groups excluding carboxylic acids is 2. The molecule has 0 aliphatic heterocycles. The van der Waals surface area contributed by atoms with Crippen molar-refractivity contribution in [3.8, 4) is 11.5 Å². The van der Waals surface area contributed by atoms with E-state index in [9.17, 15) is 9.59 Å². The summed E-state index contributed by atoms with van der Waals surface area (Å²) in [5.41, 5.74) is 2.86. The van der Waals surface area contributed by atoms with Crippen LogP contribution in [0.2, 0.25) is 0 Å². The van der Waals surface area contributed by atoms with Gasteiger partial charge in [0, 0.05) is 5.56 Å². The summed E-state index contributed by atoms with van der Waals surface area (Å²) in [6.07, 6.45) is 0. The highest BCUT2D eigenvalue weighted by atomic mass is 16.7. The lowest BCUT2D eigenvalue weighted by Gasteiger charge is -2.08. The predicted octanol–water partition coefficient (Wildman–Crippen LogP) is 5.13. The smallest absolute Gasteiger partial charge is 0.362 e. The topological polar surface area (TPSA) is 64.6 Å². The van der Waals surface area contributed by atoms with Gasteiger partial charge >= 0.3 is 5.97 Å². The number of nitrogens with one attached hydrogen (secondary N) is 1. The maximum atomic E-state index is 12.2. The van der Waals surface area contributed by atoms with Gasteiger partial charge in [0.05, 0.1) is 5.56 Å². The SMILES string of the molecule is O=C(NOC(=O)c1ccccc1)c1ccc(Oc2ccc3ccccc3c2)cc1. The number of hydroxylamine groups is 1. The molecule has 0 aliphatic carbocycles. The van der Waals surface area contributed by atoms with Crippen LogP contribution in [0.3, 0.4) is 0 Å². The third-order valence-electron chi connectivity index (χ3n) is 4.32. The average Bonchev–Trinajstić information content (AvgIpc) is 2.78. The van der Waals surface area contributed by atoms with Crippen LogP contribution in [0.1, 0.15) is 20.7 Å². The fraction of sp³-hybridized carbons (Fsp3) is 0. The fourth-order valence-electron chi connectivity index (χ4n) is 2.83. The zero-order chi connectivity index (χ0) is 20.1. The average molecular weight is 383 g/mol. The molecular formula is C24H17NO4. The standard InChI is InChI=1S/C24H17NO4/c26-23(25-29-24(27)19-7-2-1-3-8-19)18-11-13-21(14-12-18)28-22-15-10-17-6-4-5-9-20(17)16-22/h1-16H,(H,25,26). The molecule has 5 nitrogen and oxygen atoms in total. The third kappa shape index (κ3) is 4.42. The van der Waals surface area contributed by atoms with Crippen molar-refractivity contribution >= 4 is 22.6 Å². The lowest BCUT2D eigenvalue weighted by atomic mass is 10.1. The minimum Gasteiger partial charge on any atom is -0.457 e. The highest BCUT2D eigenvalue weighted by molar-refractivity contribution is 5.96. The summed E-state index contributed by atoms with van der Waals surface area (Å²) < 4.78 is 5.86. The van der Waals surface area contributed by atoms with Crippen LogP contribution in [-0.4, -0.2) is 11.9 Å². The molecule has 0 spiro atoms. The van der Waals surface area contributed by atoms with Gasteiger partial charge in [-0.05, 0) is 59.3 Å². The molecule has 4 aromatic carbocycles. The Kier molecular flexibility index (Phi) is 5.21. The number of hydrogen-bond acceptors (Lipinski definition) is 4. The second-order valence-corrected chi connectivity index (χ2v) is 6.32. The molecule has 1 amide bonds. The first-order chi connectivity index (χ1) is 14.2. The van der Waals surface area contributed by atoms with E-state index < -0.39 is 11.9 Å². The van der Waals surface area contributed by atoms with Gasteiger partial charge in [-0.2, -0.15) is 5.48 Å². The maximum Gasteiger partial charge on any atom is 0.362 e. The van der Waals surface area contributed by atoms with Gasteiger partial charge in [0.15, 0.2) is 0 Å². The van der Waals surface area contributed by atoms with E-state index in [0.717, 1.165) is 10.8 Å². The molecule has 29 heavy (non-hydrogen) atoms. The minimum absolute atomic E-state index is 0.344. The van der Waals surface area contributed by atoms with Crippen molar-refractivity contribution in [2.24, 2.45) is 0 Å². The Hall–Kier alpha value is -4.12. The Morgan fingerprint density at radius 2 is 1.28 bits per heavy atom. The van der Waals surface area contributed by atoms with Crippen LogP contribution in [-0.2, 0) is 4.84 Å². The van der Waals surface area contributed by atoms with Gasteiger partial charge in [-0.3, -0.25) is 4.79 Å². The van der Waals surface area contributed by atoms with Crippen LogP contribution in [0.25, 0.3) is 10.8 Å². The van der Waals surface area contributed by atoms with Crippen LogP contribution in [0.4, 0.5) is 0 Å². The second kappa shape index (κ2) is 8.27. The zero-order valence-electron chi connectivity index (χ0n) is 15.4. The Morgan fingerprint density at radius 1 is 0.621 bits per heavy atom. The van der Waals surface area contributed by atoms with E-state index >= 15 is 0 Å². The van der Waals surface area contributed by atoms with Crippen LogP contribution >= 0.6 is 0 Å². The van der Waals surface area contributed by atoms with Gasteiger partial charge in [-0.25, -0.2) is 4.79 Å². The molecule has 142 valence electrons. The molecule has 0 unspecified atom stereocenters. The monoisotopic (exact) mass is 383 g/mol. The molecule has 0 heterocycles. The summed E-state index contributed by atoms with van der Waals surface area (Å²) in [6, 6.07) is 28.9. The number of amides is 1. The first-order valence-corrected chi connectivity index (χ1v) is 9.02. The van der Waals surface area contributed by atoms with E-state index in [4.69, 9.17) is 9.57 Å². The zero-order valence-corrected chi connectivity index (χ0v) is 15.4. The molecular weight excluding hydrogens is 366 g/mol. The van der Waals surface area contributed by atoms with Crippen molar-refractivity contribution in [1.29, 1.82) is 0 Å². The first kappa shape index (κ1) is 18.3. The van der Waals surface area contributed by atoms with E-state index in [1.165, 1.54) is 0 Å². The minimum atomic E-state index is -0.629. The molecule has 4 rings (SSSR count). The summed E-state index contributed by atoms with van der Waals surface area (Å²) in [5, 5.41) is 2.22. The molecule has 4 aromatic rings. The van der Waals surface area contributed by atoms with Gasteiger partial charge in [0.2, 0.25) is 0 Å². The van der Waals surface area contributed by atoms with Crippen LogP contribution in [0.15, 0.2) is 97.1 Å². The molecule has 5 heteroatoms. The second-order valence-electron chi connectivity index (χ2n) is 6.32. The highest BCUT2D eigenvalue weighted by Gasteiger charge is 2.11. The number of rotatable bonds is 4. The molecule has 1 N–H and O–H groups in total. The molecule has 0 aromatic heterocycles. The van der Waals surface area contributed by atoms with E-state index in [2.05, 4.69) is 5.48 Å². The van der Waals surface area contributed by atoms with Crippen LogP contribution in [0, 0.1) is 0 Å². The third-order valence-corrected chi connectivity index (χ3v) is 4.32. The Labute approximate surface area is 167 Å². The van der Waals surface area contributed by atoms with E-state index in [1.54, 1.807) is 54.6 Å². The van der Waals surface area contributed by atoms with Crippen molar-refractivity contribution in [1.82, 2.24) is 5.48 Å². The lowest BCUT2D eigenvalue weighted by molar-refractivity contribution is 0.0230. The number of hydrogen-bond donors (Lipinski definition) is 1. The predicted molar refractivity (Wildman–Crippen MR) is 110 cm³/mol. The van der Waals surface area contributed by atoms with Crippen molar-refractivity contribution in [3.05, 3.63) is 108 Å². The summed E-state index contributed by atoms with van der Waals surface area (Å²) in [5.74, 6) is 0.151. The number of fused-ring (bicyclic) bond motifs is 1. The summed E-state index contributed by atoms with van der Waals surface area (Å²) in [4.78, 5) is 28.9. The molecule has 0 saturated heterocycles. The number of ether oxygens (including phenoxy) is 1. The first-order valence-electron chi connectivity index (χ1n) is 9.02. The van der Waals surface area contributed by atoms with Crippen molar-refractivity contribution < 1.29 is 19.2 Å². The van der Waals surface area contributed by atoms with Crippen LogP contribution < -0.4 is 10.2 Å². The fourth-order valence-corrected chi connectivity index (χ4v) is 2.83. The quantitative estimate of drug-likeness (QED) is 0.496. The molecule has 0 aliphatic rings. The van der Waals surface area contributed by atoms with Gasteiger partial charge in [0.1, 0.15) is 11.5 Å². The van der Waals surface area contributed by atoms with Gasteiger partial charge in [0.25, 0.3) is 5.91 Å². The van der Waals surface area contributed by atoms with Gasteiger partial charge < -0.3 is 9.57 Å². The Bertz CT molecular complexity index is 1150. The van der Waals surface area contributed by atoms with Gasteiger partial charge in [-0.15, -0.1) is 0 Å². The maximum absolute atomic E-state index is 12.2. The van der Waals surface area contributed by atoms with E-state index in [1.807, 2.05) is 42.5 Å². The molecule has 0 atom stereocenters. The Morgan fingerprint density at radius 3 is 2.03 bits per heavy atom. The summed E-state index contributed by atoms with van der Waals surface area (Å²) >= 11 is 0. The van der Waals surface area contributed by atoms with E-state index in [0.29, 0.717) is 22.6 Å². The normalized spacial score (nSPS) is 10.3. The number of carbonyl (C=O) groups is 2. The van der Waals surface area contributed by atoms with Gasteiger partial charge in [-0.1, -0.05) is 48.5 Å². The summed E-state index contributed by atoms with van der Waals surface area (Å²) in [6.45, 7) is 0. The molecule has 0 radical (unpaired) electrons. The molecule has 0 bridgehead atoms. The van der Waals surface area contributed by atoms with Crippen LogP contribution in [0.5, 0.6) is 11.5 Å².